The van der Waals surface area contributed by atoms with Crippen LogP contribution in [0.1, 0.15) is 17.3 Å². The molecule has 0 saturated carbocycles. The van der Waals surface area contributed by atoms with Crippen LogP contribution in [0.2, 0.25) is 10.0 Å². The van der Waals surface area contributed by atoms with Crippen LogP contribution in [0, 0.1) is 0 Å². The number of anilines is 1. The Bertz CT molecular complexity index is 1510. The molecule has 5 rings (SSSR count). The molecule has 9 nitrogen and oxygen atoms in total. The molecule has 1 aliphatic rings. The zero-order valence-corrected chi connectivity index (χ0v) is 20.5. The highest BCUT2D eigenvalue weighted by atomic mass is 35.5. The lowest BCUT2D eigenvalue weighted by Crippen LogP contribution is -2.30. The first kappa shape index (κ1) is 23.7. The van der Waals surface area contributed by atoms with Gasteiger partial charge < -0.3 is 19.6 Å². The minimum absolute atomic E-state index is 0.0891. The summed E-state index contributed by atoms with van der Waals surface area (Å²) < 4.78 is 10.7. The Kier molecular flexibility index (Phi) is 6.03. The minimum Gasteiger partial charge on any atom is -0.507 e. The molecule has 182 valence electrons. The van der Waals surface area contributed by atoms with Gasteiger partial charge in [-0.25, -0.2) is 4.98 Å². The number of benzene rings is 2. The van der Waals surface area contributed by atoms with Gasteiger partial charge in [0.15, 0.2) is 11.5 Å². The second-order valence-electron chi connectivity index (χ2n) is 7.84. The summed E-state index contributed by atoms with van der Waals surface area (Å²) in [5, 5.41) is 11.6. The maximum atomic E-state index is 13.3. The summed E-state index contributed by atoms with van der Waals surface area (Å²) in [6.45, 7) is 0. The van der Waals surface area contributed by atoms with Crippen LogP contribution in [0.3, 0.4) is 0 Å². The number of imidazole rings is 1. The number of carbonyl (C=O) groups excluding carboxylic acids is 2. The van der Waals surface area contributed by atoms with E-state index >= 15 is 0 Å². The van der Waals surface area contributed by atoms with Crippen molar-refractivity contribution in [2.24, 2.45) is 0 Å². The Labute approximate surface area is 214 Å². The number of halogens is 2. The van der Waals surface area contributed by atoms with E-state index in [4.69, 9.17) is 32.7 Å². The zero-order chi connectivity index (χ0) is 25.6. The Balaban J connectivity index is 1.71. The largest absolute Gasteiger partial charge is 0.507 e. The predicted octanol–water partition coefficient (Wildman–Crippen LogP) is 4.91. The number of fused-ring (bicyclic) bond motifs is 1. The lowest BCUT2D eigenvalue weighted by Gasteiger charge is -2.22. The van der Waals surface area contributed by atoms with Gasteiger partial charge in [-0.2, -0.15) is 0 Å². The summed E-state index contributed by atoms with van der Waals surface area (Å²) in [4.78, 5) is 39.7. The van der Waals surface area contributed by atoms with Gasteiger partial charge in [-0.1, -0.05) is 29.3 Å². The van der Waals surface area contributed by atoms with E-state index in [9.17, 15) is 14.7 Å². The number of hydrogen-bond acceptors (Lipinski definition) is 7. The SMILES string of the molecule is COc1cc2nc(N3C(=O)C(=O)/C(=C(/O)c4ccc(Cl)c(Cl)c4)C3c3ccccn3)[nH]c2cc1OC. The van der Waals surface area contributed by atoms with E-state index in [2.05, 4.69) is 15.0 Å². The highest BCUT2D eigenvalue weighted by Crippen LogP contribution is 2.42. The van der Waals surface area contributed by atoms with Crippen LogP contribution in [-0.2, 0) is 9.59 Å². The molecule has 0 bridgehead atoms. The number of H-pyrrole nitrogens is 1. The fourth-order valence-corrected chi connectivity index (χ4v) is 4.40. The molecule has 1 unspecified atom stereocenters. The summed E-state index contributed by atoms with van der Waals surface area (Å²) in [6.07, 6.45) is 1.53. The molecule has 2 aromatic heterocycles. The van der Waals surface area contributed by atoms with Gasteiger partial charge in [0.05, 0.1) is 46.6 Å². The molecule has 4 aromatic rings. The van der Waals surface area contributed by atoms with E-state index in [-0.39, 0.29) is 27.1 Å². The van der Waals surface area contributed by atoms with Crippen molar-refractivity contribution in [1.29, 1.82) is 0 Å². The van der Waals surface area contributed by atoms with Crippen molar-refractivity contribution >= 4 is 57.6 Å². The third-order valence-corrected chi connectivity index (χ3v) is 6.55. The lowest BCUT2D eigenvalue weighted by molar-refractivity contribution is -0.132. The molecule has 1 aliphatic heterocycles. The fraction of sp³-hybridized carbons (Fsp3) is 0.120. The fourth-order valence-electron chi connectivity index (χ4n) is 4.10. The number of pyridine rings is 1. The van der Waals surface area contributed by atoms with E-state index in [1.807, 2.05) is 0 Å². The molecule has 3 heterocycles. The smallest absolute Gasteiger partial charge is 0.302 e. The number of hydrogen-bond donors (Lipinski definition) is 2. The Morgan fingerprint density at radius 2 is 1.78 bits per heavy atom. The summed E-state index contributed by atoms with van der Waals surface area (Å²) >= 11 is 12.1. The number of ether oxygens (including phenoxy) is 2. The summed E-state index contributed by atoms with van der Waals surface area (Å²) in [7, 11) is 3.00. The quantitative estimate of drug-likeness (QED) is 0.216. The number of methoxy groups -OCH3 is 2. The molecule has 11 heteroatoms. The molecule has 2 aromatic carbocycles. The number of carbonyl (C=O) groups is 2. The summed E-state index contributed by atoms with van der Waals surface area (Å²) in [5.41, 5.74) is 1.45. The number of aromatic amines is 1. The topological polar surface area (TPSA) is 118 Å². The van der Waals surface area contributed by atoms with Crippen molar-refractivity contribution in [3.63, 3.8) is 0 Å². The Morgan fingerprint density at radius 1 is 1.03 bits per heavy atom. The average Bonchev–Trinajstić information content (AvgIpc) is 3.42. The lowest BCUT2D eigenvalue weighted by atomic mass is 9.98. The van der Waals surface area contributed by atoms with E-state index in [0.717, 1.165) is 0 Å². The molecule has 0 spiro atoms. The summed E-state index contributed by atoms with van der Waals surface area (Å²) in [5.74, 6) is -1.19. The first-order chi connectivity index (χ1) is 17.3. The number of nitrogens with zero attached hydrogens (tertiary/aromatic N) is 3. The normalized spacial score (nSPS) is 17.1. The van der Waals surface area contributed by atoms with Crippen molar-refractivity contribution in [3.05, 3.63) is 81.6 Å². The molecule has 1 atom stereocenters. The second-order valence-corrected chi connectivity index (χ2v) is 8.65. The molecule has 2 N–H and O–H groups in total. The van der Waals surface area contributed by atoms with Gasteiger partial charge in [-0.3, -0.25) is 19.5 Å². The van der Waals surface area contributed by atoms with Crippen molar-refractivity contribution in [3.8, 4) is 11.5 Å². The molecule has 0 radical (unpaired) electrons. The summed E-state index contributed by atoms with van der Waals surface area (Å²) in [6, 6.07) is 11.7. The monoisotopic (exact) mass is 524 g/mol. The first-order valence-corrected chi connectivity index (χ1v) is 11.4. The van der Waals surface area contributed by atoms with Gasteiger partial charge in [0.25, 0.3) is 5.78 Å². The molecular weight excluding hydrogens is 507 g/mol. The Morgan fingerprint density at radius 3 is 2.44 bits per heavy atom. The zero-order valence-electron chi connectivity index (χ0n) is 19.0. The maximum absolute atomic E-state index is 13.3. The number of aromatic nitrogens is 3. The van der Waals surface area contributed by atoms with Crippen LogP contribution in [-0.4, -0.2) is 46.0 Å². The van der Waals surface area contributed by atoms with Gasteiger partial charge >= 0.3 is 5.91 Å². The van der Waals surface area contributed by atoms with E-state index in [1.54, 1.807) is 30.3 Å². The minimum atomic E-state index is -1.06. The predicted molar refractivity (Wildman–Crippen MR) is 135 cm³/mol. The number of aliphatic hydroxyl groups excluding tert-OH is 1. The van der Waals surface area contributed by atoms with E-state index < -0.39 is 23.5 Å². The number of amides is 1. The molecule has 1 amide bonds. The highest BCUT2D eigenvalue weighted by Gasteiger charge is 2.49. The van der Waals surface area contributed by atoms with Gasteiger partial charge in [-0.05, 0) is 30.3 Å². The third kappa shape index (κ3) is 3.82. The van der Waals surface area contributed by atoms with Crippen molar-refractivity contribution in [2.75, 3.05) is 19.1 Å². The molecule has 1 saturated heterocycles. The van der Waals surface area contributed by atoms with Crippen molar-refractivity contribution in [1.82, 2.24) is 15.0 Å². The number of rotatable bonds is 5. The molecular formula is C25H18Cl2N4O5. The number of aliphatic hydroxyl groups is 1. The van der Waals surface area contributed by atoms with Gasteiger partial charge in [0, 0.05) is 23.9 Å². The van der Waals surface area contributed by atoms with Crippen LogP contribution < -0.4 is 14.4 Å². The average molecular weight is 525 g/mol. The third-order valence-electron chi connectivity index (χ3n) is 5.81. The van der Waals surface area contributed by atoms with Crippen LogP contribution in [0.15, 0.2) is 60.3 Å². The molecule has 1 fully saturated rings. The van der Waals surface area contributed by atoms with Gasteiger partial charge in [-0.15, -0.1) is 0 Å². The van der Waals surface area contributed by atoms with Crippen molar-refractivity contribution in [2.45, 2.75) is 6.04 Å². The standard InChI is InChI=1S/C25H18Cl2N4O5/c1-35-18-10-16-17(11-19(18)36-2)30-25(29-16)31-21(15-5-3-4-8-28-15)20(23(33)24(31)34)22(32)12-6-7-13(26)14(27)9-12/h3-11,21,32H,1-2H3,(H,29,30)/b22-20+. The van der Waals surface area contributed by atoms with Crippen molar-refractivity contribution < 1.29 is 24.2 Å². The van der Waals surface area contributed by atoms with E-state index in [1.165, 1.54) is 43.5 Å². The van der Waals surface area contributed by atoms with Crippen LogP contribution >= 0.6 is 23.2 Å². The first-order valence-electron chi connectivity index (χ1n) is 10.6. The van der Waals surface area contributed by atoms with E-state index in [0.29, 0.717) is 28.2 Å². The maximum Gasteiger partial charge on any atom is 0.302 e. The van der Waals surface area contributed by atoms with Crippen LogP contribution in [0.4, 0.5) is 5.95 Å². The van der Waals surface area contributed by atoms with Gasteiger partial charge in [0.1, 0.15) is 11.8 Å². The number of ketones is 1. The number of Topliss-reactive ketones (excluding diaryl/α,β-unsaturated/α-hetero) is 1. The number of nitrogens with one attached hydrogen (secondary N) is 1. The van der Waals surface area contributed by atoms with Gasteiger partial charge in [0.2, 0.25) is 5.95 Å². The highest BCUT2D eigenvalue weighted by molar-refractivity contribution is 6.51. The molecule has 0 aliphatic carbocycles. The van der Waals surface area contributed by atoms with Crippen LogP contribution in [0.25, 0.3) is 16.8 Å². The second kappa shape index (κ2) is 9.18. The van der Waals surface area contributed by atoms with Crippen LogP contribution in [0.5, 0.6) is 11.5 Å². The Hall–Kier alpha value is -4.08. The molecule has 36 heavy (non-hydrogen) atoms.